The number of hydrogen-bond acceptors (Lipinski definition) is 4. The lowest BCUT2D eigenvalue weighted by Gasteiger charge is -2.17. The Hall–Kier alpha value is -3.32. The molecule has 0 radical (unpaired) electrons. The van der Waals surface area contributed by atoms with Crippen LogP contribution in [-0.2, 0) is 6.54 Å². The molecule has 0 bridgehead atoms. The van der Waals surface area contributed by atoms with Gasteiger partial charge in [0.2, 0.25) is 0 Å². The second kappa shape index (κ2) is 9.00. The van der Waals surface area contributed by atoms with Gasteiger partial charge in [0, 0.05) is 61.3 Å². The summed E-state index contributed by atoms with van der Waals surface area (Å²) in [6.07, 6.45) is 3.84. The summed E-state index contributed by atoms with van der Waals surface area (Å²) in [5.74, 6) is 0.980. The molecule has 2 amide bonds. The molecule has 7 heteroatoms. The number of urea groups is 1. The summed E-state index contributed by atoms with van der Waals surface area (Å²) >= 11 is 1.71. The number of aromatic amines is 1. The first-order chi connectivity index (χ1) is 14.6. The molecule has 0 aliphatic rings. The van der Waals surface area contributed by atoms with Gasteiger partial charge in [-0.2, -0.15) is 0 Å². The van der Waals surface area contributed by atoms with Gasteiger partial charge in [0.25, 0.3) is 0 Å². The number of carbonyl (C=O) groups is 1. The van der Waals surface area contributed by atoms with E-state index in [1.165, 1.54) is 15.8 Å². The van der Waals surface area contributed by atoms with Gasteiger partial charge in [-0.3, -0.25) is 0 Å². The average molecular weight is 420 g/mol. The Morgan fingerprint density at radius 1 is 1.13 bits per heavy atom. The van der Waals surface area contributed by atoms with Crippen molar-refractivity contribution >= 4 is 34.1 Å². The molecule has 1 atom stereocenters. The van der Waals surface area contributed by atoms with Crippen molar-refractivity contribution in [3.05, 3.63) is 82.3 Å². The Labute approximate surface area is 180 Å². The van der Waals surface area contributed by atoms with E-state index >= 15 is 0 Å². The van der Waals surface area contributed by atoms with Gasteiger partial charge in [-0.1, -0.05) is 30.3 Å². The van der Waals surface area contributed by atoms with Gasteiger partial charge in [0.05, 0.1) is 0 Å². The van der Waals surface area contributed by atoms with E-state index in [9.17, 15) is 4.79 Å². The summed E-state index contributed by atoms with van der Waals surface area (Å²) in [5, 5.41) is 9.22. The summed E-state index contributed by atoms with van der Waals surface area (Å²) in [5.41, 5.74) is 3.26. The number of aromatic nitrogens is 2. The molecule has 3 aromatic heterocycles. The number of H-pyrrole nitrogens is 1. The number of pyridine rings is 1. The van der Waals surface area contributed by atoms with Crippen LogP contribution in [0.2, 0.25) is 0 Å². The van der Waals surface area contributed by atoms with Gasteiger partial charge in [0.15, 0.2) is 0 Å². The standard InChI is InChI=1S/C23H25N5OS/c1-28(2)22-10-9-16(12-25-22)13-26-23(29)27-15-19(21-8-5-11-30-21)18-14-24-20-7-4-3-6-17(18)20/h3-12,14,19,24H,13,15H2,1-2H3,(H2,26,27,29). The molecular weight excluding hydrogens is 394 g/mol. The van der Waals surface area contributed by atoms with E-state index in [-0.39, 0.29) is 11.9 Å². The minimum Gasteiger partial charge on any atom is -0.363 e. The number of benzene rings is 1. The number of rotatable bonds is 7. The fourth-order valence-electron chi connectivity index (χ4n) is 3.46. The van der Waals surface area contributed by atoms with Gasteiger partial charge >= 0.3 is 6.03 Å². The highest BCUT2D eigenvalue weighted by molar-refractivity contribution is 7.10. The predicted octanol–water partition coefficient (Wildman–Crippen LogP) is 4.32. The molecule has 4 rings (SSSR count). The monoisotopic (exact) mass is 419 g/mol. The van der Waals surface area contributed by atoms with Crippen molar-refractivity contribution < 1.29 is 4.79 Å². The third-order valence-corrected chi connectivity index (χ3v) is 6.06. The fourth-order valence-corrected chi connectivity index (χ4v) is 4.31. The third kappa shape index (κ3) is 4.46. The molecule has 0 aliphatic carbocycles. The van der Waals surface area contributed by atoms with E-state index in [0.29, 0.717) is 13.1 Å². The maximum Gasteiger partial charge on any atom is 0.315 e. The van der Waals surface area contributed by atoms with E-state index in [0.717, 1.165) is 16.9 Å². The van der Waals surface area contributed by atoms with Crippen LogP contribution in [0.15, 0.2) is 66.3 Å². The first kappa shape index (κ1) is 20.0. The first-order valence-electron chi connectivity index (χ1n) is 9.85. The Balaban J connectivity index is 1.41. The number of anilines is 1. The Morgan fingerprint density at radius 3 is 2.73 bits per heavy atom. The summed E-state index contributed by atoms with van der Waals surface area (Å²) < 4.78 is 0. The number of fused-ring (bicyclic) bond motifs is 1. The molecule has 0 aliphatic heterocycles. The normalized spacial score (nSPS) is 11.9. The topological polar surface area (TPSA) is 73.1 Å². The summed E-state index contributed by atoms with van der Waals surface area (Å²) in [6.45, 7) is 0.954. The lowest BCUT2D eigenvalue weighted by molar-refractivity contribution is 0.240. The first-order valence-corrected chi connectivity index (χ1v) is 10.7. The molecule has 1 aromatic carbocycles. The quantitative estimate of drug-likeness (QED) is 0.418. The predicted molar refractivity (Wildman–Crippen MR) is 123 cm³/mol. The van der Waals surface area contributed by atoms with Gasteiger partial charge in [-0.25, -0.2) is 9.78 Å². The maximum absolute atomic E-state index is 12.4. The van der Waals surface area contributed by atoms with Crippen molar-refractivity contribution in [1.29, 1.82) is 0 Å². The Bertz CT molecular complexity index is 1100. The van der Waals surface area contributed by atoms with E-state index < -0.39 is 0 Å². The van der Waals surface area contributed by atoms with Crippen LogP contribution in [0.1, 0.15) is 21.9 Å². The molecule has 0 saturated carbocycles. The van der Waals surface area contributed by atoms with E-state index in [2.05, 4.69) is 44.2 Å². The minimum atomic E-state index is -0.187. The van der Waals surface area contributed by atoms with E-state index in [1.807, 2.05) is 55.5 Å². The molecule has 0 fully saturated rings. The Kier molecular flexibility index (Phi) is 5.99. The van der Waals surface area contributed by atoms with Gasteiger partial charge in [0.1, 0.15) is 5.82 Å². The maximum atomic E-state index is 12.4. The summed E-state index contributed by atoms with van der Waals surface area (Å²) in [6, 6.07) is 16.2. The van der Waals surface area contributed by atoms with E-state index in [4.69, 9.17) is 0 Å². The van der Waals surface area contributed by atoms with Gasteiger partial charge < -0.3 is 20.5 Å². The molecule has 0 saturated heterocycles. The number of carbonyl (C=O) groups excluding carboxylic acids is 1. The number of amides is 2. The number of thiophene rings is 1. The average Bonchev–Trinajstić information content (AvgIpc) is 3.44. The number of nitrogens with one attached hydrogen (secondary N) is 3. The number of nitrogens with zero attached hydrogens (tertiary/aromatic N) is 2. The van der Waals surface area contributed by atoms with Gasteiger partial charge in [-0.05, 0) is 34.7 Å². The molecule has 6 nitrogen and oxygen atoms in total. The van der Waals surface area contributed by atoms with Crippen LogP contribution in [0.5, 0.6) is 0 Å². The van der Waals surface area contributed by atoms with Crippen molar-refractivity contribution in [2.45, 2.75) is 12.5 Å². The SMILES string of the molecule is CN(C)c1ccc(CNC(=O)NCC(c2cccs2)c2c[nH]c3ccccc23)cn1. The van der Waals surface area contributed by atoms with Crippen LogP contribution < -0.4 is 15.5 Å². The Morgan fingerprint density at radius 2 is 2.00 bits per heavy atom. The number of hydrogen-bond donors (Lipinski definition) is 3. The number of para-hydroxylation sites is 1. The molecule has 1 unspecified atom stereocenters. The van der Waals surface area contributed by atoms with Crippen LogP contribution in [0.4, 0.5) is 10.6 Å². The second-order valence-electron chi connectivity index (χ2n) is 7.34. The highest BCUT2D eigenvalue weighted by Gasteiger charge is 2.19. The van der Waals surface area contributed by atoms with Crippen molar-refractivity contribution in [2.75, 3.05) is 25.5 Å². The minimum absolute atomic E-state index is 0.0907. The molecule has 0 spiro atoms. The third-order valence-electron chi connectivity index (χ3n) is 5.07. The lowest BCUT2D eigenvalue weighted by Crippen LogP contribution is -2.37. The molecule has 30 heavy (non-hydrogen) atoms. The molecule has 3 N–H and O–H groups in total. The highest BCUT2D eigenvalue weighted by Crippen LogP contribution is 2.32. The van der Waals surface area contributed by atoms with Crippen molar-refractivity contribution in [3.8, 4) is 0 Å². The molecule has 154 valence electrons. The van der Waals surface area contributed by atoms with Crippen LogP contribution in [-0.4, -0.2) is 36.6 Å². The molecular formula is C23H25N5OS. The highest BCUT2D eigenvalue weighted by atomic mass is 32.1. The van der Waals surface area contributed by atoms with E-state index in [1.54, 1.807) is 17.5 Å². The smallest absolute Gasteiger partial charge is 0.315 e. The van der Waals surface area contributed by atoms with Crippen LogP contribution >= 0.6 is 11.3 Å². The summed E-state index contributed by atoms with van der Waals surface area (Å²) in [4.78, 5) is 23.3. The van der Waals surface area contributed by atoms with Crippen molar-refractivity contribution in [1.82, 2.24) is 20.6 Å². The zero-order valence-electron chi connectivity index (χ0n) is 17.1. The van der Waals surface area contributed by atoms with Crippen molar-refractivity contribution in [3.63, 3.8) is 0 Å². The lowest BCUT2D eigenvalue weighted by atomic mass is 9.97. The summed E-state index contributed by atoms with van der Waals surface area (Å²) in [7, 11) is 3.90. The fraction of sp³-hybridized carbons (Fsp3) is 0.217. The zero-order chi connectivity index (χ0) is 20.9. The zero-order valence-corrected chi connectivity index (χ0v) is 17.9. The van der Waals surface area contributed by atoms with Gasteiger partial charge in [-0.15, -0.1) is 11.3 Å². The molecule has 3 heterocycles. The largest absolute Gasteiger partial charge is 0.363 e. The van der Waals surface area contributed by atoms with Crippen LogP contribution in [0, 0.1) is 0 Å². The van der Waals surface area contributed by atoms with Crippen LogP contribution in [0.25, 0.3) is 10.9 Å². The van der Waals surface area contributed by atoms with Crippen LogP contribution in [0.3, 0.4) is 0 Å². The molecule has 4 aromatic rings. The van der Waals surface area contributed by atoms with Crippen molar-refractivity contribution in [2.24, 2.45) is 0 Å². The second-order valence-corrected chi connectivity index (χ2v) is 8.32.